The van der Waals surface area contributed by atoms with Crippen LogP contribution in [0.1, 0.15) is 15.9 Å². The third kappa shape index (κ3) is 6.45. The number of esters is 1. The molecule has 0 atom stereocenters. The molecule has 2 rings (SSSR count). The summed E-state index contributed by atoms with van der Waals surface area (Å²) >= 11 is 0. The van der Waals surface area contributed by atoms with Crippen molar-refractivity contribution in [3.63, 3.8) is 0 Å². The second-order valence-electron chi connectivity index (χ2n) is 5.62. The maximum absolute atomic E-state index is 12.1. The summed E-state index contributed by atoms with van der Waals surface area (Å²) in [5, 5.41) is 2.57. The zero-order valence-electron chi connectivity index (χ0n) is 15.0. The molecule has 1 N–H and O–H groups in total. The van der Waals surface area contributed by atoms with Gasteiger partial charge in [-0.2, -0.15) is 13.2 Å². The van der Waals surface area contributed by atoms with Gasteiger partial charge in [-0.3, -0.25) is 4.79 Å². The Labute approximate surface area is 158 Å². The number of amides is 1. The molecule has 150 valence electrons. The number of rotatable bonds is 7. The van der Waals surface area contributed by atoms with Gasteiger partial charge in [-0.1, -0.05) is 6.07 Å². The molecule has 1 amide bonds. The van der Waals surface area contributed by atoms with Crippen LogP contribution in [0.4, 0.5) is 18.9 Å². The molecule has 0 fully saturated rings. The van der Waals surface area contributed by atoms with Gasteiger partial charge in [0.1, 0.15) is 5.75 Å². The number of benzene rings is 1. The fourth-order valence-electron chi connectivity index (χ4n) is 2.06. The Bertz CT molecular complexity index is 838. The van der Waals surface area contributed by atoms with Crippen LogP contribution in [0.2, 0.25) is 0 Å². The molecule has 0 aliphatic heterocycles. The van der Waals surface area contributed by atoms with Gasteiger partial charge in [0.2, 0.25) is 5.88 Å². The summed E-state index contributed by atoms with van der Waals surface area (Å²) in [5.74, 6) is -1.29. The van der Waals surface area contributed by atoms with E-state index in [9.17, 15) is 22.8 Å². The zero-order chi connectivity index (χ0) is 20.7. The minimum atomic E-state index is -4.49. The van der Waals surface area contributed by atoms with E-state index in [-0.39, 0.29) is 11.4 Å². The highest BCUT2D eigenvalue weighted by atomic mass is 19.4. The van der Waals surface area contributed by atoms with E-state index in [1.54, 1.807) is 12.1 Å². The van der Waals surface area contributed by atoms with E-state index in [0.717, 1.165) is 17.8 Å². The van der Waals surface area contributed by atoms with Gasteiger partial charge in [-0.15, -0.1) is 0 Å². The van der Waals surface area contributed by atoms with Crippen molar-refractivity contribution in [3.8, 4) is 11.6 Å². The van der Waals surface area contributed by atoms with E-state index in [0.29, 0.717) is 11.4 Å². The van der Waals surface area contributed by atoms with Crippen LogP contribution in [-0.4, -0.2) is 43.4 Å². The predicted molar refractivity (Wildman–Crippen MR) is 92.4 cm³/mol. The Kier molecular flexibility index (Phi) is 6.80. The van der Waals surface area contributed by atoms with E-state index in [2.05, 4.69) is 15.0 Å². The predicted octanol–water partition coefficient (Wildman–Crippen LogP) is 3.14. The third-order valence-corrected chi connectivity index (χ3v) is 3.32. The molecular formula is C18H17F3N2O5. The maximum atomic E-state index is 12.1. The molecule has 0 spiro atoms. The quantitative estimate of drug-likeness (QED) is 0.721. The molecule has 0 aliphatic carbocycles. The van der Waals surface area contributed by atoms with Gasteiger partial charge >= 0.3 is 12.1 Å². The first-order valence-electron chi connectivity index (χ1n) is 7.95. The van der Waals surface area contributed by atoms with Crippen LogP contribution in [0.3, 0.4) is 0 Å². The van der Waals surface area contributed by atoms with Gasteiger partial charge in [-0.05, 0) is 30.7 Å². The lowest BCUT2D eigenvalue weighted by molar-refractivity contribution is -0.154. The van der Waals surface area contributed by atoms with Crippen molar-refractivity contribution in [1.29, 1.82) is 0 Å². The van der Waals surface area contributed by atoms with Gasteiger partial charge in [0, 0.05) is 12.3 Å². The molecule has 0 radical (unpaired) electrons. The van der Waals surface area contributed by atoms with Crippen LogP contribution in [-0.2, 0) is 9.53 Å². The Hall–Kier alpha value is -3.30. The van der Waals surface area contributed by atoms with Crippen molar-refractivity contribution in [2.24, 2.45) is 0 Å². The van der Waals surface area contributed by atoms with E-state index < -0.39 is 31.3 Å². The minimum absolute atomic E-state index is 0.0414. The lowest BCUT2D eigenvalue weighted by Gasteiger charge is -2.11. The lowest BCUT2D eigenvalue weighted by atomic mass is 10.2. The molecule has 1 heterocycles. The molecule has 28 heavy (non-hydrogen) atoms. The number of methoxy groups -OCH3 is 1. The van der Waals surface area contributed by atoms with Crippen LogP contribution in [0.5, 0.6) is 11.6 Å². The number of nitrogens with one attached hydrogen (secondary N) is 1. The second kappa shape index (κ2) is 9.07. The fourth-order valence-corrected chi connectivity index (χ4v) is 2.06. The largest absolute Gasteiger partial charge is 0.495 e. The first-order valence-corrected chi connectivity index (χ1v) is 7.95. The molecule has 10 heteroatoms. The number of hydrogen-bond acceptors (Lipinski definition) is 6. The lowest BCUT2D eigenvalue weighted by Crippen LogP contribution is -2.21. The number of halogens is 3. The topological polar surface area (TPSA) is 86.8 Å². The van der Waals surface area contributed by atoms with Crippen molar-refractivity contribution >= 4 is 17.6 Å². The highest BCUT2D eigenvalue weighted by molar-refractivity contribution is 5.96. The number of alkyl halides is 3. The maximum Gasteiger partial charge on any atom is 0.422 e. The van der Waals surface area contributed by atoms with Crippen molar-refractivity contribution in [2.75, 3.05) is 25.6 Å². The average Bonchev–Trinajstić information content (AvgIpc) is 2.64. The van der Waals surface area contributed by atoms with E-state index in [1.165, 1.54) is 13.2 Å². The second-order valence-corrected chi connectivity index (χ2v) is 5.62. The zero-order valence-corrected chi connectivity index (χ0v) is 15.0. The fraction of sp³-hybridized carbons (Fsp3) is 0.278. The van der Waals surface area contributed by atoms with Gasteiger partial charge in [0.15, 0.2) is 13.2 Å². The summed E-state index contributed by atoms with van der Waals surface area (Å²) in [6.07, 6.45) is -3.50. The van der Waals surface area contributed by atoms with E-state index in [1.807, 2.05) is 13.0 Å². The highest BCUT2D eigenvalue weighted by Crippen LogP contribution is 2.25. The van der Waals surface area contributed by atoms with Gasteiger partial charge in [-0.25, -0.2) is 9.78 Å². The van der Waals surface area contributed by atoms with Crippen LogP contribution in [0.25, 0.3) is 0 Å². The molecular weight excluding hydrogens is 381 g/mol. The summed E-state index contributed by atoms with van der Waals surface area (Å²) in [7, 11) is 1.45. The summed E-state index contributed by atoms with van der Waals surface area (Å²) in [4.78, 5) is 27.5. The van der Waals surface area contributed by atoms with Gasteiger partial charge < -0.3 is 19.5 Å². The van der Waals surface area contributed by atoms with Crippen molar-refractivity contribution in [2.45, 2.75) is 13.1 Å². The Morgan fingerprint density at radius 2 is 1.93 bits per heavy atom. The highest BCUT2D eigenvalue weighted by Gasteiger charge is 2.28. The Balaban J connectivity index is 1.88. The van der Waals surface area contributed by atoms with Crippen LogP contribution >= 0.6 is 0 Å². The Morgan fingerprint density at radius 3 is 2.54 bits per heavy atom. The molecule has 0 aliphatic rings. The van der Waals surface area contributed by atoms with Gasteiger partial charge in [0.25, 0.3) is 5.91 Å². The number of nitrogens with zero attached hydrogens (tertiary/aromatic N) is 1. The monoisotopic (exact) mass is 398 g/mol. The molecule has 2 aromatic rings. The minimum Gasteiger partial charge on any atom is -0.495 e. The molecule has 1 aromatic carbocycles. The van der Waals surface area contributed by atoms with Crippen LogP contribution < -0.4 is 14.8 Å². The van der Waals surface area contributed by atoms with Crippen molar-refractivity contribution in [3.05, 3.63) is 47.7 Å². The van der Waals surface area contributed by atoms with Gasteiger partial charge in [0.05, 0.1) is 18.4 Å². The number of ether oxygens (including phenoxy) is 3. The molecule has 0 saturated carbocycles. The number of carbonyl (C=O) groups is 2. The number of anilines is 1. The van der Waals surface area contributed by atoms with Crippen molar-refractivity contribution < 1.29 is 37.0 Å². The first kappa shape index (κ1) is 21.0. The van der Waals surface area contributed by atoms with E-state index in [4.69, 9.17) is 9.47 Å². The molecule has 0 saturated heterocycles. The number of aryl methyl sites for hydroxylation is 1. The molecule has 0 bridgehead atoms. The summed E-state index contributed by atoms with van der Waals surface area (Å²) in [5.41, 5.74) is 1.28. The first-order chi connectivity index (χ1) is 13.2. The number of hydrogen-bond donors (Lipinski definition) is 1. The summed E-state index contributed by atoms with van der Waals surface area (Å²) < 4.78 is 50.7. The number of carbonyl (C=O) groups excluding carboxylic acids is 2. The smallest absolute Gasteiger partial charge is 0.422 e. The number of pyridine rings is 1. The van der Waals surface area contributed by atoms with Crippen LogP contribution in [0, 0.1) is 6.92 Å². The average molecular weight is 398 g/mol. The molecule has 7 nitrogen and oxygen atoms in total. The summed E-state index contributed by atoms with van der Waals surface area (Å²) in [6, 6.07) is 7.47. The molecule has 1 aromatic heterocycles. The van der Waals surface area contributed by atoms with Crippen molar-refractivity contribution in [1.82, 2.24) is 4.98 Å². The molecule has 0 unspecified atom stereocenters. The normalized spacial score (nSPS) is 10.9. The summed E-state index contributed by atoms with van der Waals surface area (Å²) in [6.45, 7) is -0.223. The third-order valence-electron chi connectivity index (χ3n) is 3.32. The standard InChI is InChI=1S/C18H17F3N2O5/c1-11-3-5-14(26-2)13(7-11)23-15(24)9-27-17(25)12-4-6-16(22-8-12)28-10-18(19,20)21/h3-8H,9-10H2,1-2H3,(H,23,24). The van der Waals surface area contributed by atoms with Crippen LogP contribution in [0.15, 0.2) is 36.5 Å². The Morgan fingerprint density at radius 1 is 1.18 bits per heavy atom. The van der Waals surface area contributed by atoms with E-state index >= 15 is 0 Å². The number of aromatic nitrogens is 1. The SMILES string of the molecule is COc1ccc(C)cc1NC(=O)COC(=O)c1ccc(OCC(F)(F)F)nc1.